The maximum Gasteiger partial charge on any atom is 0.310 e. The van der Waals surface area contributed by atoms with E-state index >= 15 is 0 Å². The number of carboxylic acids is 1. The second-order valence-electron chi connectivity index (χ2n) is 3.94. The Morgan fingerprint density at radius 3 is 2.82 bits per heavy atom. The smallest absolute Gasteiger partial charge is 0.310 e. The van der Waals surface area contributed by atoms with Crippen molar-refractivity contribution in [3.63, 3.8) is 0 Å². The van der Waals surface area contributed by atoms with Crippen LogP contribution in [0.25, 0.3) is 0 Å². The van der Waals surface area contributed by atoms with Crippen LogP contribution in [0.4, 0.5) is 0 Å². The molecule has 0 spiro atoms. The number of carboxylic acid groups (broad SMARTS) is 1. The maximum absolute atomic E-state index is 11.0. The van der Waals surface area contributed by atoms with E-state index in [0.717, 1.165) is 5.56 Å². The predicted molar refractivity (Wildman–Crippen MR) is 64.3 cm³/mol. The van der Waals surface area contributed by atoms with E-state index in [-0.39, 0.29) is 6.61 Å². The molecule has 0 saturated heterocycles. The highest BCUT2D eigenvalue weighted by Crippen LogP contribution is 2.14. The molecule has 0 aliphatic heterocycles. The summed E-state index contributed by atoms with van der Waals surface area (Å²) in [4.78, 5) is 11.0. The van der Waals surface area contributed by atoms with Crippen LogP contribution in [-0.4, -0.2) is 31.4 Å². The Kier molecular flexibility index (Phi) is 5.49. The quantitative estimate of drug-likeness (QED) is 0.790. The first kappa shape index (κ1) is 13.5. The van der Waals surface area contributed by atoms with E-state index in [2.05, 4.69) is 0 Å². The van der Waals surface area contributed by atoms with Crippen LogP contribution in [0.3, 0.4) is 0 Å². The van der Waals surface area contributed by atoms with Crippen LogP contribution in [-0.2, 0) is 9.53 Å². The molecule has 1 atom stereocenters. The largest absolute Gasteiger partial charge is 0.493 e. The molecule has 0 aromatic heterocycles. The molecule has 1 rings (SSSR count). The van der Waals surface area contributed by atoms with Crippen molar-refractivity contribution in [3.05, 3.63) is 29.8 Å². The number of hydrogen-bond acceptors (Lipinski definition) is 3. The molecule has 0 amide bonds. The standard InChI is InChI=1S/C13H18O4/c1-10-4-3-5-12(8-10)17-9-11(13(14)15)6-7-16-2/h3-5,8,11H,6-7,9H2,1-2H3,(H,14,15). The van der Waals surface area contributed by atoms with Gasteiger partial charge in [0.05, 0.1) is 5.92 Å². The van der Waals surface area contributed by atoms with Gasteiger partial charge >= 0.3 is 5.97 Å². The molecule has 4 nitrogen and oxygen atoms in total. The van der Waals surface area contributed by atoms with Crippen LogP contribution in [0, 0.1) is 12.8 Å². The number of aliphatic carboxylic acids is 1. The van der Waals surface area contributed by atoms with E-state index in [1.165, 1.54) is 0 Å². The number of carbonyl (C=O) groups is 1. The summed E-state index contributed by atoms with van der Waals surface area (Å²) in [5.74, 6) is -0.682. The Balaban J connectivity index is 2.48. The first-order valence-electron chi connectivity index (χ1n) is 5.54. The van der Waals surface area contributed by atoms with Gasteiger partial charge in [-0.3, -0.25) is 4.79 Å². The Bertz CT molecular complexity index is 362. The van der Waals surface area contributed by atoms with Gasteiger partial charge in [0.2, 0.25) is 0 Å². The summed E-state index contributed by atoms with van der Waals surface area (Å²) in [5, 5.41) is 9.00. The number of rotatable bonds is 7. The van der Waals surface area contributed by atoms with E-state index in [1.807, 2.05) is 31.2 Å². The van der Waals surface area contributed by atoms with E-state index in [4.69, 9.17) is 14.6 Å². The molecule has 0 aliphatic rings. The monoisotopic (exact) mass is 238 g/mol. The van der Waals surface area contributed by atoms with Gasteiger partial charge in [0.15, 0.2) is 0 Å². The van der Waals surface area contributed by atoms with Crippen LogP contribution in [0.5, 0.6) is 5.75 Å². The highest BCUT2D eigenvalue weighted by Gasteiger charge is 2.17. The highest BCUT2D eigenvalue weighted by molar-refractivity contribution is 5.70. The normalized spacial score (nSPS) is 12.1. The molecule has 0 fully saturated rings. The summed E-state index contributed by atoms with van der Waals surface area (Å²) < 4.78 is 10.3. The Hall–Kier alpha value is -1.55. The summed E-state index contributed by atoms with van der Waals surface area (Å²) >= 11 is 0. The minimum Gasteiger partial charge on any atom is -0.493 e. The van der Waals surface area contributed by atoms with Gasteiger partial charge in [0.1, 0.15) is 12.4 Å². The number of ether oxygens (including phenoxy) is 2. The Morgan fingerprint density at radius 1 is 1.47 bits per heavy atom. The Morgan fingerprint density at radius 2 is 2.24 bits per heavy atom. The lowest BCUT2D eigenvalue weighted by Crippen LogP contribution is -2.23. The summed E-state index contributed by atoms with van der Waals surface area (Å²) in [6.07, 6.45) is 0.456. The molecule has 1 aromatic rings. The third kappa shape index (κ3) is 4.87. The average Bonchev–Trinajstić information content (AvgIpc) is 2.28. The third-order valence-corrected chi connectivity index (χ3v) is 2.46. The van der Waals surface area contributed by atoms with Crippen LogP contribution < -0.4 is 4.74 Å². The summed E-state index contributed by atoms with van der Waals surface area (Å²) in [7, 11) is 1.56. The lowest BCUT2D eigenvalue weighted by Gasteiger charge is -2.13. The molecule has 94 valence electrons. The fraction of sp³-hybridized carbons (Fsp3) is 0.462. The van der Waals surface area contributed by atoms with E-state index in [9.17, 15) is 4.79 Å². The number of hydrogen-bond donors (Lipinski definition) is 1. The fourth-order valence-corrected chi connectivity index (χ4v) is 1.44. The minimum atomic E-state index is -0.852. The lowest BCUT2D eigenvalue weighted by atomic mass is 10.1. The molecule has 1 unspecified atom stereocenters. The van der Waals surface area contributed by atoms with Crippen molar-refractivity contribution in [1.82, 2.24) is 0 Å². The molecule has 1 aromatic carbocycles. The minimum absolute atomic E-state index is 0.169. The molecule has 0 radical (unpaired) electrons. The number of benzene rings is 1. The van der Waals surface area contributed by atoms with E-state index in [1.54, 1.807) is 7.11 Å². The van der Waals surface area contributed by atoms with Crippen molar-refractivity contribution >= 4 is 5.97 Å². The molecule has 0 bridgehead atoms. The zero-order valence-electron chi connectivity index (χ0n) is 10.2. The zero-order valence-corrected chi connectivity index (χ0v) is 10.2. The summed E-state index contributed by atoms with van der Waals surface area (Å²) in [5.41, 5.74) is 1.09. The molecule has 17 heavy (non-hydrogen) atoms. The van der Waals surface area contributed by atoms with Crippen molar-refractivity contribution in [2.75, 3.05) is 20.3 Å². The van der Waals surface area contributed by atoms with Gasteiger partial charge in [-0.25, -0.2) is 0 Å². The topological polar surface area (TPSA) is 55.8 Å². The van der Waals surface area contributed by atoms with E-state index < -0.39 is 11.9 Å². The van der Waals surface area contributed by atoms with Crippen LogP contribution in [0.15, 0.2) is 24.3 Å². The van der Waals surface area contributed by atoms with Gasteiger partial charge in [0, 0.05) is 13.7 Å². The van der Waals surface area contributed by atoms with Gasteiger partial charge in [0.25, 0.3) is 0 Å². The zero-order chi connectivity index (χ0) is 12.7. The van der Waals surface area contributed by atoms with Crippen LogP contribution >= 0.6 is 0 Å². The maximum atomic E-state index is 11.0. The lowest BCUT2D eigenvalue weighted by molar-refractivity contribution is -0.143. The van der Waals surface area contributed by atoms with Gasteiger partial charge in [-0.05, 0) is 31.0 Å². The van der Waals surface area contributed by atoms with Gasteiger partial charge < -0.3 is 14.6 Å². The molecule has 4 heteroatoms. The predicted octanol–water partition coefficient (Wildman–Crippen LogP) is 2.11. The number of aryl methyl sites for hydroxylation is 1. The van der Waals surface area contributed by atoms with E-state index in [0.29, 0.717) is 18.8 Å². The Labute approximate surface area is 101 Å². The van der Waals surface area contributed by atoms with Crippen molar-refractivity contribution in [3.8, 4) is 5.75 Å². The molecule has 0 saturated carbocycles. The first-order chi connectivity index (χ1) is 8.13. The fourth-order valence-electron chi connectivity index (χ4n) is 1.44. The molecule has 0 heterocycles. The molecular weight excluding hydrogens is 220 g/mol. The van der Waals surface area contributed by atoms with Gasteiger partial charge in [-0.2, -0.15) is 0 Å². The highest BCUT2D eigenvalue weighted by atomic mass is 16.5. The number of methoxy groups -OCH3 is 1. The second-order valence-corrected chi connectivity index (χ2v) is 3.94. The summed E-state index contributed by atoms with van der Waals surface area (Å²) in [6, 6.07) is 7.56. The SMILES string of the molecule is COCCC(COc1cccc(C)c1)C(=O)O. The van der Waals surface area contributed by atoms with Crippen LogP contribution in [0.1, 0.15) is 12.0 Å². The van der Waals surface area contributed by atoms with Crippen molar-refractivity contribution < 1.29 is 19.4 Å². The van der Waals surface area contributed by atoms with Crippen LogP contribution in [0.2, 0.25) is 0 Å². The van der Waals surface area contributed by atoms with Gasteiger partial charge in [-0.1, -0.05) is 12.1 Å². The van der Waals surface area contributed by atoms with Crippen molar-refractivity contribution in [2.45, 2.75) is 13.3 Å². The van der Waals surface area contributed by atoms with Crippen molar-refractivity contribution in [2.24, 2.45) is 5.92 Å². The van der Waals surface area contributed by atoms with Crippen molar-refractivity contribution in [1.29, 1.82) is 0 Å². The first-order valence-corrected chi connectivity index (χ1v) is 5.54. The van der Waals surface area contributed by atoms with Gasteiger partial charge in [-0.15, -0.1) is 0 Å². The molecular formula is C13H18O4. The molecule has 0 aliphatic carbocycles. The molecule has 1 N–H and O–H groups in total. The summed E-state index contributed by atoms with van der Waals surface area (Å²) in [6.45, 7) is 2.56. The third-order valence-electron chi connectivity index (χ3n) is 2.46. The second kappa shape index (κ2) is 6.91. The average molecular weight is 238 g/mol.